The molecule has 1 amide bonds. The quantitative estimate of drug-likeness (QED) is 0.684. The third kappa shape index (κ3) is 4.32. The first-order valence-electron chi connectivity index (χ1n) is 4.50. The van der Waals surface area contributed by atoms with Crippen LogP contribution in [0.25, 0.3) is 0 Å². The van der Waals surface area contributed by atoms with E-state index in [9.17, 15) is 30.3 Å². The molecule has 9 heteroatoms. The Hall–Kier alpha value is -1.64. The maximum Gasteiger partial charge on any atom is 0.397 e. The van der Waals surface area contributed by atoms with E-state index in [4.69, 9.17) is 0 Å². The first-order chi connectivity index (χ1) is 8.09. The molecule has 1 aromatic carbocycles. The Morgan fingerprint density at radius 1 is 1.22 bits per heavy atom. The molecule has 0 radical (unpaired) electrons. The summed E-state index contributed by atoms with van der Waals surface area (Å²) < 4.78 is 69.8. The second kappa shape index (κ2) is 4.92. The molecule has 1 rings (SSSR count). The van der Waals surface area contributed by atoms with Crippen LogP contribution in [0.2, 0.25) is 0 Å². The standard InChI is InChI=1S/C9H7F4NO3S/c10-9(11,12)5-8(15)14-6-3-1-2-4-7(6)18(13,16)17/h1-4H,5H2,(H,14,15). The van der Waals surface area contributed by atoms with E-state index in [1.54, 1.807) is 5.32 Å². The molecule has 0 aliphatic heterocycles. The Kier molecular flexibility index (Phi) is 3.95. The number of carbonyl (C=O) groups is 1. The van der Waals surface area contributed by atoms with Crippen LogP contribution in [-0.2, 0) is 15.0 Å². The summed E-state index contributed by atoms with van der Waals surface area (Å²) in [6.07, 6.45) is -6.51. The summed E-state index contributed by atoms with van der Waals surface area (Å²) in [4.78, 5) is 10.1. The molecule has 0 fully saturated rings. The molecule has 0 aliphatic carbocycles. The minimum Gasteiger partial charge on any atom is -0.325 e. The number of hydrogen-bond donors (Lipinski definition) is 1. The highest BCUT2D eigenvalue weighted by Gasteiger charge is 2.31. The number of alkyl halides is 3. The number of hydrogen-bond acceptors (Lipinski definition) is 3. The van der Waals surface area contributed by atoms with E-state index in [0.717, 1.165) is 12.1 Å². The van der Waals surface area contributed by atoms with Crippen molar-refractivity contribution in [3.8, 4) is 0 Å². The predicted molar refractivity (Wildman–Crippen MR) is 54.0 cm³/mol. The highest BCUT2D eigenvalue weighted by atomic mass is 32.3. The number of rotatable bonds is 3. The highest BCUT2D eigenvalue weighted by molar-refractivity contribution is 7.86. The van der Waals surface area contributed by atoms with Crippen LogP contribution in [0.3, 0.4) is 0 Å². The molecule has 0 saturated carbocycles. The van der Waals surface area contributed by atoms with E-state index >= 15 is 0 Å². The van der Waals surface area contributed by atoms with Crippen molar-refractivity contribution in [3.05, 3.63) is 24.3 Å². The van der Waals surface area contributed by atoms with Gasteiger partial charge in [0.2, 0.25) is 5.91 Å². The molecule has 1 N–H and O–H groups in total. The lowest BCUT2D eigenvalue weighted by Crippen LogP contribution is -2.21. The number of nitrogens with one attached hydrogen (secondary N) is 1. The molecule has 0 aromatic heterocycles. The van der Waals surface area contributed by atoms with Crippen LogP contribution in [0.5, 0.6) is 0 Å². The number of para-hydroxylation sites is 1. The van der Waals surface area contributed by atoms with Gasteiger partial charge in [0.05, 0.1) is 5.69 Å². The summed E-state index contributed by atoms with van der Waals surface area (Å²) in [6.45, 7) is 0. The SMILES string of the molecule is O=C(CC(F)(F)F)Nc1ccccc1S(=O)(=O)F. The van der Waals surface area contributed by atoms with Crippen LogP contribution in [0, 0.1) is 0 Å². The average molecular weight is 285 g/mol. The largest absolute Gasteiger partial charge is 0.397 e. The first-order valence-corrected chi connectivity index (χ1v) is 5.88. The second-order valence-electron chi connectivity index (χ2n) is 3.27. The molecule has 0 bridgehead atoms. The third-order valence-corrected chi connectivity index (χ3v) is 2.67. The van der Waals surface area contributed by atoms with Gasteiger partial charge < -0.3 is 5.32 Å². The lowest BCUT2D eigenvalue weighted by Gasteiger charge is -2.09. The van der Waals surface area contributed by atoms with Crippen molar-refractivity contribution in [2.75, 3.05) is 5.32 Å². The van der Waals surface area contributed by atoms with Gasteiger partial charge in [0.1, 0.15) is 11.3 Å². The Bertz CT molecular complexity index is 553. The summed E-state index contributed by atoms with van der Waals surface area (Å²) in [7, 11) is -5.12. The molecule has 0 aliphatic rings. The molecule has 0 saturated heterocycles. The topological polar surface area (TPSA) is 63.2 Å². The van der Waals surface area contributed by atoms with Crippen LogP contribution in [0.4, 0.5) is 22.7 Å². The van der Waals surface area contributed by atoms with E-state index < -0.39 is 39.3 Å². The summed E-state index contributed by atoms with van der Waals surface area (Å²) >= 11 is 0. The fourth-order valence-corrected chi connectivity index (χ4v) is 1.78. The molecule has 4 nitrogen and oxygen atoms in total. The van der Waals surface area contributed by atoms with Crippen LogP contribution in [0.1, 0.15) is 6.42 Å². The normalized spacial score (nSPS) is 12.2. The molecule has 0 atom stereocenters. The number of amides is 1. The minimum atomic E-state index is -5.12. The highest BCUT2D eigenvalue weighted by Crippen LogP contribution is 2.25. The van der Waals surface area contributed by atoms with E-state index in [0.29, 0.717) is 0 Å². The van der Waals surface area contributed by atoms with Crippen molar-refractivity contribution in [2.24, 2.45) is 0 Å². The Labute approximate surface area is 99.8 Å². The fourth-order valence-electron chi connectivity index (χ4n) is 1.16. The molecule has 0 spiro atoms. The first kappa shape index (κ1) is 14.4. The molecule has 0 heterocycles. The van der Waals surface area contributed by atoms with Gasteiger partial charge in [-0.1, -0.05) is 12.1 Å². The van der Waals surface area contributed by atoms with Gasteiger partial charge in [0.15, 0.2) is 0 Å². The van der Waals surface area contributed by atoms with Gasteiger partial charge in [-0.2, -0.15) is 21.6 Å². The van der Waals surface area contributed by atoms with Crippen molar-refractivity contribution in [2.45, 2.75) is 17.5 Å². The Morgan fingerprint density at radius 3 is 2.28 bits per heavy atom. The zero-order valence-electron chi connectivity index (χ0n) is 8.66. The van der Waals surface area contributed by atoms with Crippen molar-refractivity contribution < 1.29 is 30.3 Å². The van der Waals surface area contributed by atoms with Crippen molar-refractivity contribution in [1.29, 1.82) is 0 Å². The van der Waals surface area contributed by atoms with E-state index in [2.05, 4.69) is 0 Å². The third-order valence-electron chi connectivity index (χ3n) is 1.78. The second-order valence-corrected chi connectivity index (χ2v) is 4.59. The molecule has 1 aromatic rings. The summed E-state index contributed by atoms with van der Waals surface area (Å²) in [5, 5.41) is 1.70. The monoisotopic (exact) mass is 285 g/mol. The fraction of sp³-hybridized carbons (Fsp3) is 0.222. The summed E-state index contributed by atoms with van der Waals surface area (Å²) in [5.74, 6) is -1.47. The van der Waals surface area contributed by atoms with Crippen molar-refractivity contribution >= 4 is 21.8 Å². The average Bonchev–Trinajstić information content (AvgIpc) is 2.13. The van der Waals surface area contributed by atoms with Gasteiger partial charge in [-0.15, -0.1) is 3.89 Å². The number of benzene rings is 1. The molecule has 18 heavy (non-hydrogen) atoms. The van der Waals surface area contributed by atoms with Gasteiger partial charge in [0.25, 0.3) is 0 Å². The maximum absolute atomic E-state index is 12.8. The maximum atomic E-state index is 12.8. The minimum absolute atomic E-state index is 0.533. The number of carbonyl (C=O) groups excluding carboxylic acids is 1. The Morgan fingerprint density at radius 2 is 1.78 bits per heavy atom. The Balaban J connectivity index is 2.96. The molecule has 0 unspecified atom stereocenters. The molecular formula is C9H7F4NO3S. The van der Waals surface area contributed by atoms with Gasteiger partial charge in [-0.05, 0) is 12.1 Å². The van der Waals surface area contributed by atoms with Crippen LogP contribution < -0.4 is 5.32 Å². The summed E-state index contributed by atoms with van der Waals surface area (Å²) in [5.41, 5.74) is -0.533. The summed E-state index contributed by atoms with van der Waals surface area (Å²) in [6, 6.07) is 4.24. The zero-order valence-corrected chi connectivity index (χ0v) is 9.48. The lowest BCUT2D eigenvalue weighted by atomic mass is 10.3. The zero-order chi connectivity index (χ0) is 14.0. The van der Waals surface area contributed by atoms with Crippen molar-refractivity contribution in [3.63, 3.8) is 0 Å². The van der Waals surface area contributed by atoms with Gasteiger partial charge in [-0.3, -0.25) is 4.79 Å². The van der Waals surface area contributed by atoms with Gasteiger partial charge in [0, 0.05) is 0 Å². The molecule has 100 valence electrons. The van der Waals surface area contributed by atoms with Gasteiger partial charge in [-0.25, -0.2) is 0 Å². The lowest BCUT2D eigenvalue weighted by molar-refractivity contribution is -0.150. The van der Waals surface area contributed by atoms with Crippen LogP contribution >= 0.6 is 0 Å². The van der Waals surface area contributed by atoms with E-state index in [1.165, 1.54) is 12.1 Å². The number of halogens is 4. The van der Waals surface area contributed by atoms with E-state index in [-0.39, 0.29) is 0 Å². The van der Waals surface area contributed by atoms with Crippen LogP contribution in [-0.4, -0.2) is 20.5 Å². The predicted octanol–water partition coefficient (Wildman–Crippen LogP) is 2.24. The molecular weight excluding hydrogens is 278 g/mol. The number of anilines is 1. The van der Waals surface area contributed by atoms with Crippen LogP contribution in [0.15, 0.2) is 29.2 Å². The van der Waals surface area contributed by atoms with E-state index in [1.807, 2.05) is 0 Å². The smallest absolute Gasteiger partial charge is 0.325 e. The van der Waals surface area contributed by atoms with Crippen molar-refractivity contribution in [1.82, 2.24) is 0 Å². The van der Waals surface area contributed by atoms with Gasteiger partial charge >= 0.3 is 16.4 Å².